The summed E-state index contributed by atoms with van der Waals surface area (Å²) in [5.41, 5.74) is 3.10. The molecule has 0 radical (unpaired) electrons. The minimum absolute atomic E-state index is 0.214. The number of anilines is 1. The van der Waals surface area contributed by atoms with Crippen molar-refractivity contribution in [3.8, 4) is 0 Å². The Bertz CT molecular complexity index is 736. The van der Waals surface area contributed by atoms with Crippen molar-refractivity contribution in [2.24, 2.45) is 0 Å². The molecule has 0 spiro atoms. The molecule has 0 unspecified atom stereocenters. The van der Waals surface area contributed by atoms with E-state index in [1.165, 1.54) is 12.1 Å². The van der Waals surface area contributed by atoms with E-state index in [0.717, 1.165) is 27.8 Å². The van der Waals surface area contributed by atoms with Crippen molar-refractivity contribution in [3.63, 3.8) is 0 Å². The Labute approximate surface area is 117 Å². The van der Waals surface area contributed by atoms with Gasteiger partial charge in [0.2, 0.25) is 0 Å². The molecule has 3 rings (SSSR count). The van der Waals surface area contributed by atoms with Crippen LogP contribution in [0, 0.1) is 12.7 Å². The number of pyridine rings is 1. The Morgan fingerprint density at radius 2 is 1.80 bits per heavy atom. The van der Waals surface area contributed by atoms with Crippen molar-refractivity contribution in [1.29, 1.82) is 0 Å². The summed E-state index contributed by atoms with van der Waals surface area (Å²) in [4.78, 5) is 4.62. The zero-order chi connectivity index (χ0) is 13.9. The van der Waals surface area contributed by atoms with Gasteiger partial charge in [0.25, 0.3) is 0 Å². The summed E-state index contributed by atoms with van der Waals surface area (Å²) in [6.45, 7) is 2.67. The molecule has 1 heterocycles. The maximum atomic E-state index is 12.9. The minimum atomic E-state index is -0.214. The van der Waals surface area contributed by atoms with Gasteiger partial charge in [-0.3, -0.25) is 0 Å². The van der Waals surface area contributed by atoms with E-state index >= 15 is 0 Å². The Morgan fingerprint density at radius 1 is 1.05 bits per heavy atom. The molecule has 0 aliphatic carbocycles. The molecule has 0 fully saturated rings. The highest BCUT2D eigenvalue weighted by Crippen LogP contribution is 2.20. The van der Waals surface area contributed by atoms with Gasteiger partial charge < -0.3 is 5.32 Å². The topological polar surface area (TPSA) is 24.9 Å². The first kappa shape index (κ1) is 12.6. The van der Waals surface area contributed by atoms with Crippen LogP contribution in [0.25, 0.3) is 10.9 Å². The number of hydrogen-bond donors (Lipinski definition) is 1. The first-order valence-corrected chi connectivity index (χ1v) is 6.57. The molecular weight excluding hydrogens is 251 g/mol. The van der Waals surface area contributed by atoms with Crippen molar-refractivity contribution in [2.45, 2.75) is 13.5 Å². The van der Waals surface area contributed by atoms with Crippen LogP contribution >= 0.6 is 0 Å². The molecule has 20 heavy (non-hydrogen) atoms. The number of aromatic nitrogens is 1. The van der Waals surface area contributed by atoms with Gasteiger partial charge in [0.05, 0.1) is 5.52 Å². The number of hydrogen-bond acceptors (Lipinski definition) is 2. The fourth-order valence-corrected chi connectivity index (χ4v) is 2.19. The number of rotatable bonds is 3. The maximum Gasteiger partial charge on any atom is 0.129 e. The quantitative estimate of drug-likeness (QED) is 0.764. The van der Waals surface area contributed by atoms with Crippen molar-refractivity contribution >= 4 is 16.7 Å². The molecule has 1 N–H and O–H groups in total. The molecule has 3 aromatic rings. The largest absolute Gasteiger partial charge is 0.366 e. The summed E-state index contributed by atoms with van der Waals surface area (Å²) in [5, 5.41) is 4.44. The second kappa shape index (κ2) is 5.29. The molecule has 2 nitrogen and oxygen atoms in total. The number of benzene rings is 2. The molecule has 0 amide bonds. The zero-order valence-electron chi connectivity index (χ0n) is 11.2. The van der Waals surface area contributed by atoms with Crippen LogP contribution in [0.1, 0.15) is 11.1 Å². The van der Waals surface area contributed by atoms with Crippen molar-refractivity contribution in [1.82, 2.24) is 4.98 Å². The molecule has 2 aromatic carbocycles. The highest BCUT2D eigenvalue weighted by molar-refractivity contribution is 5.81. The van der Waals surface area contributed by atoms with Crippen molar-refractivity contribution < 1.29 is 4.39 Å². The summed E-state index contributed by atoms with van der Waals surface area (Å²) in [6, 6.07) is 16.7. The molecule has 0 atom stereocenters. The highest BCUT2D eigenvalue weighted by atomic mass is 19.1. The lowest BCUT2D eigenvalue weighted by molar-refractivity contribution is 0.627. The summed E-state index contributed by atoms with van der Waals surface area (Å²) in [7, 11) is 0. The third kappa shape index (κ3) is 2.62. The first-order valence-electron chi connectivity index (χ1n) is 6.57. The van der Waals surface area contributed by atoms with Crippen molar-refractivity contribution in [3.05, 3.63) is 71.5 Å². The molecule has 0 saturated heterocycles. The maximum absolute atomic E-state index is 12.9. The van der Waals surface area contributed by atoms with Gasteiger partial charge in [0, 0.05) is 11.9 Å². The van der Waals surface area contributed by atoms with Gasteiger partial charge in [-0.05, 0) is 42.3 Å². The van der Waals surface area contributed by atoms with E-state index in [4.69, 9.17) is 0 Å². The Morgan fingerprint density at radius 3 is 2.60 bits per heavy atom. The van der Waals surface area contributed by atoms with Crippen LogP contribution in [0.15, 0.2) is 54.6 Å². The van der Waals surface area contributed by atoms with E-state index in [1.54, 1.807) is 12.1 Å². The number of fused-ring (bicyclic) bond motifs is 1. The molecule has 1 aromatic heterocycles. The fourth-order valence-electron chi connectivity index (χ4n) is 2.19. The van der Waals surface area contributed by atoms with Crippen LogP contribution in [0.5, 0.6) is 0 Å². The predicted molar refractivity (Wildman–Crippen MR) is 80.2 cm³/mol. The second-order valence-corrected chi connectivity index (χ2v) is 4.83. The number of halogens is 1. The molecule has 0 aliphatic rings. The van der Waals surface area contributed by atoms with Gasteiger partial charge in [-0.25, -0.2) is 9.37 Å². The fraction of sp³-hybridized carbons (Fsp3) is 0.118. The van der Waals surface area contributed by atoms with Crippen LogP contribution < -0.4 is 5.32 Å². The smallest absolute Gasteiger partial charge is 0.129 e. The lowest BCUT2D eigenvalue weighted by Crippen LogP contribution is -2.03. The zero-order valence-corrected chi connectivity index (χ0v) is 11.2. The number of aryl methyl sites for hydroxylation is 1. The third-order valence-corrected chi connectivity index (χ3v) is 3.29. The van der Waals surface area contributed by atoms with Gasteiger partial charge in [0.15, 0.2) is 0 Å². The normalized spacial score (nSPS) is 10.7. The van der Waals surface area contributed by atoms with E-state index < -0.39 is 0 Å². The Kier molecular flexibility index (Phi) is 3.33. The summed E-state index contributed by atoms with van der Waals surface area (Å²) in [5.74, 6) is 0.654. The van der Waals surface area contributed by atoms with Gasteiger partial charge in [-0.1, -0.05) is 30.3 Å². The monoisotopic (exact) mass is 266 g/mol. The van der Waals surface area contributed by atoms with Crippen LogP contribution in [-0.4, -0.2) is 4.98 Å². The lowest BCUT2D eigenvalue weighted by atomic mass is 10.1. The first-order chi connectivity index (χ1) is 9.72. The van der Waals surface area contributed by atoms with Crippen LogP contribution in [0.4, 0.5) is 10.2 Å². The summed E-state index contributed by atoms with van der Waals surface area (Å²) < 4.78 is 12.9. The summed E-state index contributed by atoms with van der Waals surface area (Å²) >= 11 is 0. The average Bonchev–Trinajstić information content (AvgIpc) is 2.47. The predicted octanol–water partition coefficient (Wildman–Crippen LogP) is 4.29. The highest BCUT2D eigenvalue weighted by Gasteiger charge is 2.03. The van der Waals surface area contributed by atoms with E-state index in [9.17, 15) is 4.39 Å². The Hall–Kier alpha value is -2.42. The summed E-state index contributed by atoms with van der Waals surface area (Å²) in [6.07, 6.45) is 0. The molecule has 100 valence electrons. The van der Waals surface area contributed by atoms with Crippen LogP contribution in [0.3, 0.4) is 0 Å². The van der Waals surface area contributed by atoms with Crippen molar-refractivity contribution in [2.75, 3.05) is 5.32 Å². The van der Waals surface area contributed by atoms with Gasteiger partial charge in [-0.2, -0.15) is 0 Å². The molecule has 0 aliphatic heterocycles. The Balaban J connectivity index is 1.83. The molecule has 3 heteroatoms. The molecule has 0 bridgehead atoms. The minimum Gasteiger partial charge on any atom is -0.366 e. The van der Waals surface area contributed by atoms with Gasteiger partial charge in [0.1, 0.15) is 11.6 Å². The van der Waals surface area contributed by atoms with Crippen LogP contribution in [0.2, 0.25) is 0 Å². The van der Waals surface area contributed by atoms with E-state index in [1.807, 2.05) is 25.1 Å². The molecule has 0 saturated carbocycles. The average molecular weight is 266 g/mol. The van der Waals surface area contributed by atoms with E-state index in [0.29, 0.717) is 6.54 Å². The lowest BCUT2D eigenvalue weighted by Gasteiger charge is -2.10. The number of nitrogens with one attached hydrogen (secondary N) is 1. The van der Waals surface area contributed by atoms with Gasteiger partial charge in [-0.15, -0.1) is 0 Å². The third-order valence-electron chi connectivity index (χ3n) is 3.29. The second-order valence-electron chi connectivity index (χ2n) is 4.83. The number of nitrogens with zero attached hydrogens (tertiary/aromatic N) is 1. The van der Waals surface area contributed by atoms with E-state index in [2.05, 4.69) is 22.4 Å². The van der Waals surface area contributed by atoms with Gasteiger partial charge >= 0.3 is 0 Å². The number of para-hydroxylation sites is 1. The molecular formula is C17H15FN2. The SMILES string of the molecule is Cc1cc2ccccc2nc1NCc1ccc(F)cc1. The standard InChI is InChI=1S/C17H15FN2/c1-12-10-14-4-2-3-5-16(14)20-17(12)19-11-13-6-8-15(18)9-7-13/h2-10H,11H2,1H3,(H,19,20). The van der Waals surface area contributed by atoms with Crippen LogP contribution in [-0.2, 0) is 6.54 Å². The van der Waals surface area contributed by atoms with E-state index in [-0.39, 0.29) is 5.82 Å².